The van der Waals surface area contributed by atoms with Crippen molar-refractivity contribution in [2.45, 2.75) is 17.4 Å². The molecule has 2 N–H and O–H groups in total. The molecule has 21 heavy (non-hydrogen) atoms. The van der Waals surface area contributed by atoms with Crippen LogP contribution in [0.15, 0.2) is 53.4 Å². The summed E-state index contributed by atoms with van der Waals surface area (Å²) in [6.07, 6.45) is 0.836. The quantitative estimate of drug-likeness (QED) is 0.830. The standard InChI is InChI=1S/C16H16FNO2S/c1-21-14-7-5-13(6-8-14)18-16(20)10-15(19)11-3-2-4-12(17)9-11/h2-9,15,19H,10H2,1H3,(H,18,20). The maximum atomic E-state index is 13.1. The van der Waals surface area contributed by atoms with E-state index in [9.17, 15) is 14.3 Å². The van der Waals surface area contributed by atoms with Gasteiger partial charge in [-0.15, -0.1) is 11.8 Å². The van der Waals surface area contributed by atoms with E-state index in [1.54, 1.807) is 30.0 Å². The molecule has 0 aliphatic rings. The zero-order valence-electron chi connectivity index (χ0n) is 11.5. The predicted molar refractivity (Wildman–Crippen MR) is 82.8 cm³/mol. The number of carbonyl (C=O) groups excluding carboxylic acids is 1. The molecule has 0 heterocycles. The van der Waals surface area contributed by atoms with Gasteiger partial charge in [0, 0.05) is 10.6 Å². The number of amides is 1. The molecule has 3 nitrogen and oxygen atoms in total. The van der Waals surface area contributed by atoms with Crippen molar-refractivity contribution in [3.63, 3.8) is 0 Å². The fourth-order valence-corrected chi connectivity index (χ4v) is 2.30. The second-order valence-electron chi connectivity index (χ2n) is 4.55. The van der Waals surface area contributed by atoms with Gasteiger partial charge >= 0.3 is 0 Å². The maximum absolute atomic E-state index is 13.1. The second-order valence-corrected chi connectivity index (χ2v) is 5.43. The molecule has 0 radical (unpaired) electrons. The highest BCUT2D eigenvalue weighted by molar-refractivity contribution is 7.98. The zero-order valence-corrected chi connectivity index (χ0v) is 12.4. The van der Waals surface area contributed by atoms with Gasteiger partial charge in [-0.25, -0.2) is 4.39 Å². The highest BCUT2D eigenvalue weighted by Crippen LogP contribution is 2.20. The molecule has 0 aromatic heterocycles. The Morgan fingerprint density at radius 1 is 1.29 bits per heavy atom. The summed E-state index contributed by atoms with van der Waals surface area (Å²) in [6.45, 7) is 0. The summed E-state index contributed by atoms with van der Waals surface area (Å²) in [4.78, 5) is 13.0. The summed E-state index contributed by atoms with van der Waals surface area (Å²) in [6, 6.07) is 13.0. The number of aliphatic hydroxyl groups excluding tert-OH is 1. The Balaban J connectivity index is 1.94. The van der Waals surface area contributed by atoms with Crippen molar-refractivity contribution in [2.75, 3.05) is 11.6 Å². The van der Waals surface area contributed by atoms with Gasteiger partial charge in [-0.3, -0.25) is 4.79 Å². The Kier molecular flexibility index (Phi) is 5.36. The molecular formula is C16H16FNO2S. The van der Waals surface area contributed by atoms with Crippen LogP contribution >= 0.6 is 11.8 Å². The van der Waals surface area contributed by atoms with Crippen molar-refractivity contribution in [3.05, 3.63) is 59.9 Å². The Bertz CT molecular complexity index is 616. The molecule has 0 aliphatic carbocycles. The van der Waals surface area contributed by atoms with Gasteiger partial charge in [0.1, 0.15) is 5.82 Å². The molecule has 1 amide bonds. The third-order valence-corrected chi connectivity index (χ3v) is 3.73. The van der Waals surface area contributed by atoms with Crippen molar-refractivity contribution in [2.24, 2.45) is 0 Å². The topological polar surface area (TPSA) is 49.3 Å². The van der Waals surface area contributed by atoms with E-state index in [1.165, 1.54) is 18.2 Å². The van der Waals surface area contributed by atoms with Crippen molar-refractivity contribution in [1.29, 1.82) is 0 Å². The number of nitrogens with one attached hydrogen (secondary N) is 1. The predicted octanol–water partition coefficient (Wildman–Crippen LogP) is 3.61. The van der Waals surface area contributed by atoms with Crippen LogP contribution in [-0.4, -0.2) is 17.3 Å². The molecule has 0 bridgehead atoms. The second kappa shape index (κ2) is 7.24. The number of benzene rings is 2. The van der Waals surface area contributed by atoms with Crippen LogP contribution in [-0.2, 0) is 4.79 Å². The lowest BCUT2D eigenvalue weighted by Crippen LogP contribution is -2.15. The number of thioether (sulfide) groups is 1. The van der Waals surface area contributed by atoms with E-state index in [2.05, 4.69) is 5.32 Å². The van der Waals surface area contributed by atoms with Crippen molar-refractivity contribution >= 4 is 23.4 Å². The number of halogens is 1. The Hall–Kier alpha value is -1.85. The molecule has 0 fully saturated rings. The van der Waals surface area contributed by atoms with Gasteiger partial charge in [0.25, 0.3) is 0 Å². The molecule has 1 unspecified atom stereocenters. The van der Waals surface area contributed by atoms with Crippen LogP contribution in [0.3, 0.4) is 0 Å². The lowest BCUT2D eigenvalue weighted by Gasteiger charge is -2.11. The van der Waals surface area contributed by atoms with Gasteiger partial charge in [0.05, 0.1) is 12.5 Å². The largest absolute Gasteiger partial charge is 0.388 e. The van der Waals surface area contributed by atoms with Crippen LogP contribution in [0.2, 0.25) is 0 Å². The monoisotopic (exact) mass is 305 g/mol. The summed E-state index contributed by atoms with van der Waals surface area (Å²) >= 11 is 1.62. The first kappa shape index (κ1) is 15.5. The molecule has 2 aromatic rings. The number of aliphatic hydroxyl groups is 1. The van der Waals surface area contributed by atoms with Crippen molar-refractivity contribution in [3.8, 4) is 0 Å². The molecule has 0 spiro atoms. The van der Waals surface area contributed by atoms with Gasteiger partial charge in [0.15, 0.2) is 0 Å². The number of hydrogen-bond donors (Lipinski definition) is 2. The molecule has 2 aromatic carbocycles. The lowest BCUT2D eigenvalue weighted by molar-refractivity contribution is -0.118. The third kappa shape index (κ3) is 4.58. The smallest absolute Gasteiger partial charge is 0.227 e. The molecule has 110 valence electrons. The average Bonchev–Trinajstić information content (AvgIpc) is 2.48. The van der Waals surface area contributed by atoms with Crippen LogP contribution in [0, 0.1) is 5.82 Å². The number of anilines is 1. The summed E-state index contributed by atoms with van der Waals surface area (Å²) in [5.74, 6) is -0.747. The summed E-state index contributed by atoms with van der Waals surface area (Å²) in [5.41, 5.74) is 1.06. The first-order valence-corrected chi connectivity index (χ1v) is 7.68. The van der Waals surface area contributed by atoms with Crippen LogP contribution in [0.4, 0.5) is 10.1 Å². The third-order valence-electron chi connectivity index (χ3n) is 2.99. The molecular weight excluding hydrogens is 289 g/mol. The SMILES string of the molecule is CSc1ccc(NC(=O)CC(O)c2cccc(F)c2)cc1. The molecule has 0 saturated carbocycles. The number of hydrogen-bond acceptors (Lipinski definition) is 3. The zero-order chi connectivity index (χ0) is 15.2. The van der Waals surface area contributed by atoms with Gasteiger partial charge in [-0.05, 0) is 48.2 Å². The summed E-state index contributed by atoms with van der Waals surface area (Å²) in [7, 11) is 0. The first-order valence-electron chi connectivity index (χ1n) is 6.46. The summed E-state index contributed by atoms with van der Waals surface area (Å²) < 4.78 is 13.1. The summed E-state index contributed by atoms with van der Waals surface area (Å²) in [5, 5.41) is 12.7. The normalized spacial score (nSPS) is 12.0. The molecule has 5 heteroatoms. The van der Waals surface area contributed by atoms with E-state index in [4.69, 9.17) is 0 Å². The molecule has 2 rings (SSSR count). The van der Waals surface area contributed by atoms with Gasteiger partial charge in [-0.1, -0.05) is 12.1 Å². The average molecular weight is 305 g/mol. The molecule has 0 aliphatic heterocycles. The van der Waals surface area contributed by atoms with E-state index < -0.39 is 11.9 Å². The van der Waals surface area contributed by atoms with E-state index in [0.29, 0.717) is 11.3 Å². The van der Waals surface area contributed by atoms with Gasteiger partial charge < -0.3 is 10.4 Å². The molecule has 0 saturated heterocycles. The van der Waals surface area contributed by atoms with Gasteiger partial charge in [-0.2, -0.15) is 0 Å². The van der Waals surface area contributed by atoms with Crippen LogP contribution in [0.5, 0.6) is 0 Å². The number of carbonyl (C=O) groups is 1. The maximum Gasteiger partial charge on any atom is 0.227 e. The molecule has 1 atom stereocenters. The minimum atomic E-state index is -1.02. The fourth-order valence-electron chi connectivity index (χ4n) is 1.89. The Morgan fingerprint density at radius 3 is 2.62 bits per heavy atom. The number of rotatable bonds is 5. The minimum absolute atomic E-state index is 0.117. The fraction of sp³-hybridized carbons (Fsp3) is 0.188. The highest BCUT2D eigenvalue weighted by Gasteiger charge is 2.13. The lowest BCUT2D eigenvalue weighted by atomic mass is 10.1. The minimum Gasteiger partial charge on any atom is -0.388 e. The van der Waals surface area contributed by atoms with Crippen molar-refractivity contribution in [1.82, 2.24) is 0 Å². The van der Waals surface area contributed by atoms with E-state index in [1.807, 2.05) is 18.4 Å². The highest BCUT2D eigenvalue weighted by atomic mass is 32.2. The van der Waals surface area contributed by atoms with E-state index >= 15 is 0 Å². The van der Waals surface area contributed by atoms with Gasteiger partial charge in [0.2, 0.25) is 5.91 Å². The van der Waals surface area contributed by atoms with Crippen molar-refractivity contribution < 1.29 is 14.3 Å². The van der Waals surface area contributed by atoms with Crippen LogP contribution < -0.4 is 5.32 Å². The van der Waals surface area contributed by atoms with E-state index in [0.717, 1.165) is 4.90 Å². The van der Waals surface area contributed by atoms with Crippen LogP contribution in [0.25, 0.3) is 0 Å². The Labute approximate surface area is 127 Å². The first-order chi connectivity index (χ1) is 10.1. The van der Waals surface area contributed by atoms with Crippen LogP contribution in [0.1, 0.15) is 18.1 Å². The Morgan fingerprint density at radius 2 is 2.00 bits per heavy atom. The van der Waals surface area contributed by atoms with E-state index in [-0.39, 0.29) is 12.3 Å².